The minimum atomic E-state index is -0.919. The van der Waals surface area contributed by atoms with E-state index in [4.69, 9.17) is 5.41 Å². The lowest BCUT2D eigenvalue weighted by Crippen LogP contribution is -2.47. The average Bonchev–Trinajstić information content (AvgIpc) is 3.15. The molecule has 4 rings (SSSR count). The van der Waals surface area contributed by atoms with Crippen molar-refractivity contribution in [1.82, 2.24) is 9.88 Å². The van der Waals surface area contributed by atoms with E-state index in [-0.39, 0.29) is 24.1 Å². The molecule has 0 saturated carbocycles. The lowest BCUT2D eigenvalue weighted by Gasteiger charge is -2.33. The molecule has 0 spiro atoms. The van der Waals surface area contributed by atoms with E-state index in [1.807, 2.05) is 0 Å². The molecule has 4 heterocycles. The van der Waals surface area contributed by atoms with Gasteiger partial charge in [0.2, 0.25) is 11.9 Å². The number of carbonyl (C=O) groups is 1. The number of anilines is 1. The molecule has 3 aliphatic rings. The Morgan fingerprint density at radius 2 is 2.17 bits per heavy atom. The first kappa shape index (κ1) is 20.3. The summed E-state index contributed by atoms with van der Waals surface area (Å²) in [6, 6.07) is 3.08. The number of pyridine rings is 1. The third-order valence-electron chi connectivity index (χ3n) is 5.37. The van der Waals surface area contributed by atoms with Gasteiger partial charge < -0.3 is 15.2 Å². The number of aromatic nitrogens is 1. The van der Waals surface area contributed by atoms with Gasteiger partial charge in [0.05, 0.1) is 23.8 Å². The van der Waals surface area contributed by atoms with Crippen LogP contribution in [-0.2, 0) is 4.79 Å². The van der Waals surface area contributed by atoms with Crippen molar-refractivity contribution in [2.45, 2.75) is 36.7 Å². The first-order valence-corrected chi connectivity index (χ1v) is 10.9. The Bertz CT molecular complexity index is 893. The van der Waals surface area contributed by atoms with Gasteiger partial charge in [-0.25, -0.2) is 9.37 Å². The van der Waals surface area contributed by atoms with Crippen molar-refractivity contribution in [2.24, 2.45) is 4.99 Å². The fourth-order valence-electron chi connectivity index (χ4n) is 3.87. The van der Waals surface area contributed by atoms with E-state index in [0.717, 1.165) is 12.6 Å². The zero-order valence-electron chi connectivity index (χ0n) is 15.6. The number of halogens is 2. The molecule has 1 aromatic heterocycles. The van der Waals surface area contributed by atoms with Crippen LogP contribution >= 0.6 is 24.4 Å². The van der Waals surface area contributed by atoms with Crippen LogP contribution in [0.4, 0.5) is 14.6 Å². The predicted molar refractivity (Wildman–Crippen MR) is 114 cm³/mol. The highest BCUT2D eigenvalue weighted by Gasteiger charge is 2.43. The van der Waals surface area contributed by atoms with Crippen LogP contribution in [0.15, 0.2) is 28.2 Å². The molecule has 29 heavy (non-hydrogen) atoms. The molecular weight excluding hydrogens is 416 g/mol. The summed E-state index contributed by atoms with van der Waals surface area (Å²) in [5.41, 5.74) is 0.689. The Balaban J connectivity index is 1.52. The molecule has 0 aromatic carbocycles. The number of nitrogens with one attached hydrogen (secondary N) is 1. The van der Waals surface area contributed by atoms with Gasteiger partial charge in [0.25, 0.3) is 0 Å². The summed E-state index contributed by atoms with van der Waals surface area (Å²) in [6.07, 6.45) is 2.05. The summed E-state index contributed by atoms with van der Waals surface area (Å²) >= 11 is 5.29. The second kappa shape index (κ2) is 8.43. The number of fused-ring (bicyclic) bond motifs is 1. The van der Waals surface area contributed by atoms with Crippen molar-refractivity contribution in [3.05, 3.63) is 34.7 Å². The number of amides is 1. The van der Waals surface area contributed by atoms with Gasteiger partial charge in [0.15, 0.2) is 0 Å². The number of allylic oxidation sites excluding steroid dienone is 1. The Labute approximate surface area is 177 Å². The van der Waals surface area contributed by atoms with Gasteiger partial charge in [-0.05, 0) is 36.8 Å². The van der Waals surface area contributed by atoms with Gasteiger partial charge in [0.1, 0.15) is 22.3 Å². The van der Waals surface area contributed by atoms with Gasteiger partial charge in [-0.2, -0.15) is 4.39 Å². The molecule has 1 aromatic rings. The van der Waals surface area contributed by atoms with Crippen LogP contribution in [0.2, 0.25) is 0 Å². The number of thiol groups is 1. The number of aliphatic imine (C=N–C) groups is 1. The molecule has 6 nitrogen and oxygen atoms in total. The van der Waals surface area contributed by atoms with Crippen molar-refractivity contribution in [1.29, 1.82) is 5.41 Å². The van der Waals surface area contributed by atoms with Crippen molar-refractivity contribution in [3.8, 4) is 0 Å². The lowest BCUT2D eigenvalue weighted by atomic mass is 10.0. The fourth-order valence-corrected chi connectivity index (χ4v) is 5.38. The average molecular weight is 438 g/mol. The van der Waals surface area contributed by atoms with E-state index in [0.29, 0.717) is 42.5 Å². The van der Waals surface area contributed by atoms with E-state index < -0.39 is 17.4 Å². The van der Waals surface area contributed by atoms with Crippen LogP contribution in [0.1, 0.15) is 24.8 Å². The highest BCUT2D eigenvalue weighted by molar-refractivity contribution is 8.15. The highest BCUT2D eigenvalue weighted by Crippen LogP contribution is 2.37. The zero-order valence-corrected chi connectivity index (χ0v) is 17.3. The lowest BCUT2D eigenvalue weighted by molar-refractivity contribution is -0.130. The Hall–Kier alpha value is -1.94. The fraction of sp³-hybridized carbons (Fsp3) is 0.474. The van der Waals surface area contributed by atoms with Crippen LogP contribution in [0.5, 0.6) is 0 Å². The normalized spacial score (nSPS) is 27.7. The molecule has 3 aliphatic heterocycles. The third-order valence-corrected chi connectivity index (χ3v) is 6.96. The zero-order chi connectivity index (χ0) is 20.5. The summed E-state index contributed by atoms with van der Waals surface area (Å²) < 4.78 is 28.4. The Morgan fingerprint density at radius 1 is 1.34 bits per heavy atom. The molecular formula is C19H21F2N5OS2. The second-order valence-corrected chi connectivity index (χ2v) is 8.60. The van der Waals surface area contributed by atoms with Gasteiger partial charge in [-0.3, -0.25) is 9.79 Å². The molecule has 0 radical (unpaired) electrons. The van der Waals surface area contributed by atoms with E-state index >= 15 is 0 Å². The second-order valence-electron chi connectivity index (χ2n) is 7.21. The largest absolute Gasteiger partial charge is 0.354 e. The van der Waals surface area contributed by atoms with Gasteiger partial charge >= 0.3 is 0 Å². The van der Waals surface area contributed by atoms with Gasteiger partial charge in [0, 0.05) is 19.3 Å². The van der Waals surface area contributed by atoms with E-state index in [2.05, 4.69) is 22.6 Å². The number of piperidine rings is 2. The minimum Gasteiger partial charge on any atom is -0.354 e. The summed E-state index contributed by atoms with van der Waals surface area (Å²) in [7, 11) is 0. The molecule has 0 aliphatic carbocycles. The molecule has 3 unspecified atom stereocenters. The van der Waals surface area contributed by atoms with E-state index in [1.54, 1.807) is 17.0 Å². The number of hydrogen-bond acceptors (Lipinski definition) is 7. The maximum absolute atomic E-state index is 14.8. The predicted octanol–water partition coefficient (Wildman–Crippen LogP) is 3.04. The standard InChI is InChI=1S/C19H21F2N5OS2/c20-11-2-1-6-25(9-11)15-4-3-13(17(21)24-15)18-23-14-5-7-26(12(8-22)10-28)19(27)16(14)29-18/h3-4,8,10-11,14,16,22,28H,1-2,5-7,9H2/b12-10+,22-8?. The molecule has 1 amide bonds. The molecule has 2 fully saturated rings. The number of rotatable bonds is 4. The van der Waals surface area contributed by atoms with Crippen molar-refractivity contribution in [2.75, 3.05) is 24.5 Å². The van der Waals surface area contributed by atoms with Crippen molar-refractivity contribution >= 4 is 47.4 Å². The number of carbonyl (C=O) groups excluding carboxylic acids is 1. The van der Waals surface area contributed by atoms with E-state index in [9.17, 15) is 13.6 Å². The van der Waals surface area contributed by atoms with Crippen LogP contribution in [0, 0.1) is 11.4 Å². The topological polar surface area (TPSA) is 72.7 Å². The number of thioether (sulfide) groups is 1. The smallest absolute Gasteiger partial charge is 0.242 e. The van der Waals surface area contributed by atoms with Crippen molar-refractivity contribution < 1.29 is 13.6 Å². The Kier molecular flexibility index (Phi) is 5.91. The molecule has 154 valence electrons. The van der Waals surface area contributed by atoms with E-state index in [1.165, 1.54) is 22.1 Å². The first-order valence-electron chi connectivity index (χ1n) is 9.48. The van der Waals surface area contributed by atoms with Gasteiger partial charge in [-0.1, -0.05) is 11.8 Å². The number of likely N-dealkylation sites (tertiary alicyclic amines) is 1. The molecule has 1 N–H and O–H groups in total. The maximum Gasteiger partial charge on any atom is 0.242 e. The van der Waals surface area contributed by atoms with Crippen LogP contribution in [0.3, 0.4) is 0 Å². The van der Waals surface area contributed by atoms with Crippen LogP contribution in [-0.4, -0.2) is 64.1 Å². The number of nitrogens with zero attached hydrogens (tertiary/aromatic N) is 4. The number of alkyl halides is 1. The molecule has 2 saturated heterocycles. The highest BCUT2D eigenvalue weighted by atomic mass is 32.2. The van der Waals surface area contributed by atoms with Crippen LogP contribution < -0.4 is 4.90 Å². The first-order chi connectivity index (χ1) is 14.0. The molecule has 10 heteroatoms. The van der Waals surface area contributed by atoms with Crippen molar-refractivity contribution in [3.63, 3.8) is 0 Å². The monoisotopic (exact) mass is 437 g/mol. The summed E-state index contributed by atoms with van der Waals surface area (Å²) in [6.45, 7) is 1.33. The SMILES string of the molecule is N=C/C(=C\S)N1CCC2N=C(c3ccc(N4CCCC(F)C4)nc3F)SC2C1=O. The Morgan fingerprint density at radius 3 is 2.86 bits per heavy atom. The molecule has 3 atom stereocenters. The summed E-state index contributed by atoms with van der Waals surface area (Å²) in [4.78, 5) is 24.7. The summed E-state index contributed by atoms with van der Waals surface area (Å²) in [5.74, 6) is -0.388. The third kappa shape index (κ3) is 3.92. The maximum atomic E-state index is 14.8. The van der Waals surface area contributed by atoms with Crippen LogP contribution in [0.25, 0.3) is 0 Å². The number of hydrogen-bond donors (Lipinski definition) is 2. The quantitative estimate of drug-likeness (QED) is 0.432. The molecule has 0 bridgehead atoms. The van der Waals surface area contributed by atoms with Gasteiger partial charge in [-0.15, -0.1) is 12.6 Å². The minimum absolute atomic E-state index is 0.152. The summed E-state index contributed by atoms with van der Waals surface area (Å²) in [5, 5.41) is 8.88.